The molecule has 0 aliphatic heterocycles. The zero-order valence-corrected chi connectivity index (χ0v) is 19.1. The van der Waals surface area contributed by atoms with E-state index >= 15 is 0 Å². The number of aryl methyl sites for hydroxylation is 2. The van der Waals surface area contributed by atoms with Crippen molar-refractivity contribution >= 4 is 40.8 Å². The molecule has 0 saturated heterocycles. The molecule has 0 unspecified atom stereocenters. The van der Waals surface area contributed by atoms with Gasteiger partial charge in [0.2, 0.25) is 5.91 Å². The Morgan fingerprint density at radius 1 is 1.12 bits per heavy atom. The van der Waals surface area contributed by atoms with E-state index in [9.17, 15) is 15.3 Å². The van der Waals surface area contributed by atoms with Gasteiger partial charge >= 0.3 is 0 Å². The lowest BCUT2D eigenvalue weighted by molar-refractivity contribution is -0.115. The van der Waals surface area contributed by atoms with Gasteiger partial charge in [-0.3, -0.25) is 4.79 Å². The van der Waals surface area contributed by atoms with Crippen LogP contribution in [0.15, 0.2) is 47.5 Å². The molecule has 0 radical (unpaired) electrons. The number of amides is 1. The van der Waals surface area contributed by atoms with Crippen LogP contribution in [0.5, 0.6) is 0 Å². The summed E-state index contributed by atoms with van der Waals surface area (Å²) in [4.78, 5) is 16.6. The minimum Gasteiger partial charge on any atom is -0.383 e. The highest BCUT2D eigenvalue weighted by Crippen LogP contribution is 2.35. The normalized spacial score (nSPS) is 10.3. The quantitative estimate of drug-likeness (QED) is 0.470. The number of carbonyl (C=O) groups excluding carboxylic acids is 1. The molecule has 1 heterocycles. The van der Waals surface area contributed by atoms with Crippen LogP contribution < -0.4 is 11.1 Å². The maximum Gasteiger partial charge on any atom is 0.225 e. The number of aromatic nitrogens is 1. The molecule has 160 valence electrons. The maximum atomic E-state index is 12.3. The van der Waals surface area contributed by atoms with Crippen molar-refractivity contribution in [2.24, 2.45) is 0 Å². The van der Waals surface area contributed by atoms with Crippen LogP contribution in [0.2, 0.25) is 5.02 Å². The lowest BCUT2D eigenvalue weighted by Crippen LogP contribution is -2.12. The van der Waals surface area contributed by atoms with Crippen LogP contribution in [0, 0.1) is 36.5 Å². The van der Waals surface area contributed by atoms with Crippen molar-refractivity contribution in [3.63, 3.8) is 0 Å². The number of carbonyl (C=O) groups is 1. The summed E-state index contributed by atoms with van der Waals surface area (Å²) in [6.07, 6.45) is 0.197. The molecule has 1 amide bonds. The predicted octanol–water partition coefficient (Wildman–Crippen LogP) is 5.47. The number of nitrogens with two attached hydrogens (primary N) is 1. The Bertz CT molecular complexity index is 1260. The smallest absolute Gasteiger partial charge is 0.225 e. The van der Waals surface area contributed by atoms with Crippen LogP contribution in [-0.2, 0) is 4.79 Å². The van der Waals surface area contributed by atoms with E-state index in [0.29, 0.717) is 32.6 Å². The van der Waals surface area contributed by atoms with Crippen LogP contribution in [0.1, 0.15) is 28.7 Å². The van der Waals surface area contributed by atoms with Crippen molar-refractivity contribution < 1.29 is 4.79 Å². The second-order valence-corrected chi connectivity index (χ2v) is 8.62. The number of rotatable bonds is 6. The van der Waals surface area contributed by atoms with Gasteiger partial charge in [-0.15, -0.1) is 11.8 Å². The van der Waals surface area contributed by atoms with Crippen LogP contribution in [0.4, 0.5) is 11.5 Å². The highest BCUT2D eigenvalue weighted by atomic mass is 35.5. The zero-order valence-electron chi connectivity index (χ0n) is 17.6. The number of pyridine rings is 1. The van der Waals surface area contributed by atoms with Crippen molar-refractivity contribution in [3.8, 4) is 23.3 Å². The topological polar surface area (TPSA) is 116 Å². The molecular weight excluding hydrogens is 442 g/mol. The number of nitrogens with one attached hydrogen (secondary N) is 1. The molecule has 0 fully saturated rings. The SMILES string of the molecule is Cc1ccc(-c2c(C#N)c(N)nc(SCCC(=O)Nc3ccc(C)c(Cl)c3)c2C#N)cc1. The van der Waals surface area contributed by atoms with E-state index in [0.717, 1.165) is 11.1 Å². The number of thioether (sulfide) groups is 1. The molecule has 3 N–H and O–H groups in total. The maximum absolute atomic E-state index is 12.3. The third-order valence-electron chi connectivity index (χ3n) is 4.78. The fourth-order valence-electron chi connectivity index (χ4n) is 3.05. The van der Waals surface area contributed by atoms with Crippen LogP contribution in [0.3, 0.4) is 0 Å². The predicted molar refractivity (Wildman–Crippen MR) is 128 cm³/mol. The molecule has 32 heavy (non-hydrogen) atoms. The van der Waals surface area contributed by atoms with Crippen LogP contribution in [0.25, 0.3) is 11.1 Å². The number of nitrogen functional groups attached to an aromatic ring is 1. The molecule has 0 atom stereocenters. The summed E-state index contributed by atoms with van der Waals surface area (Å²) in [6.45, 7) is 3.84. The summed E-state index contributed by atoms with van der Waals surface area (Å²) in [5.41, 5.74) is 10.3. The first-order valence-electron chi connectivity index (χ1n) is 9.73. The Morgan fingerprint density at radius 2 is 1.81 bits per heavy atom. The number of anilines is 2. The third-order valence-corrected chi connectivity index (χ3v) is 6.16. The Morgan fingerprint density at radius 3 is 2.44 bits per heavy atom. The highest BCUT2D eigenvalue weighted by Gasteiger charge is 2.20. The summed E-state index contributed by atoms with van der Waals surface area (Å²) in [5, 5.41) is 23.2. The molecule has 2 aromatic carbocycles. The van der Waals surface area contributed by atoms with Gasteiger partial charge in [0, 0.05) is 28.4 Å². The number of nitrogens with zero attached hydrogens (tertiary/aromatic N) is 3. The average Bonchev–Trinajstić information content (AvgIpc) is 2.76. The standard InChI is InChI=1S/C24H20ClN5OS/c1-14-3-6-16(7-4-14)22-18(12-26)23(28)30-24(19(22)13-27)32-10-9-21(31)29-17-8-5-15(2)20(25)11-17/h3-8,11H,9-10H2,1-2H3,(H2,28,30)(H,29,31). The summed E-state index contributed by atoms with van der Waals surface area (Å²) < 4.78 is 0. The summed E-state index contributed by atoms with van der Waals surface area (Å²) in [5.74, 6) is 0.255. The van der Waals surface area contributed by atoms with Gasteiger partial charge < -0.3 is 11.1 Å². The van der Waals surface area contributed by atoms with Gasteiger partial charge in [0.05, 0.1) is 5.56 Å². The van der Waals surface area contributed by atoms with Gasteiger partial charge in [0.25, 0.3) is 0 Å². The van der Waals surface area contributed by atoms with Crippen LogP contribution >= 0.6 is 23.4 Å². The summed E-state index contributed by atoms with van der Waals surface area (Å²) in [7, 11) is 0. The van der Waals surface area contributed by atoms with Crippen LogP contribution in [-0.4, -0.2) is 16.6 Å². The Labute approximate surface area is 196 Å². The average molecular weight is 462 g/mol. The lowest BCUT2D eigenvalue weighted by Gasteiger charge is -2.13. The lowest BCUT2D eigenvalue weighted by atomic mass is 9.96. The molecule has 8 heteroatoms. The van der Waals surface area contributed by atoms with E-state index in [-0.39, 0.29) is 29.3 Å². The first-order chi connectivity index (χ1) is 15.3. The molecular formula is C24H20ClN5OS. The van der Waals surface area contributed by atoms with E-state index in [2.05, 4.69) is 22.4 Å². The molecule has 0 aliphatic carbocycles. The second kappa shape index (κ2) is 10.2. The van der Waals surface area contributed by atoms with Crippen molar-refractivity contribution in [3.05, 3.63) is 69.7 Å². The van der Waals surface area contributed by atoms with E-state index in [1.165, 1.54) is 11.8 Å². The fraction of sp³-hybridized carbons (Fsp3) is 0.167. The van der Waals surface area contributed by atoms with Gasteiger partial charge in [-0.05, 0) is 37.1 Å². The Hall–Kier alpha value is -3.52. The second-order valence-electron chi connectivity index (χ2n) is 7.13. The Kier molecular flexibility index (Phi) is 7.37. The first-order valence-corrected chi connectivity index (χ1v) is 11.1. The minimum atomic E-state index is -0.184. The minimum absolute atomic E-state index is 0.0586. The number of benzene rings is 2. The largest absolute Gasteiger partial charge is 0.383 e. The van der Waals surface area contributed by atoms with Crippen molar-refractivity contribution in [2.75, 3.05) is 16.8 Å². The Balaban J connectivity index is 1.80. The van der Waals surface area contributed by atoms with E-state index in [4.69, 9.17) is 17.3 Å². The zero-order chi connectivity index (χ0) is 23.3. The third kappa shape index (κ3) is 5.20. The van der Waals surface area contributed by atoms with E-state index < -0.39 is 0 Å². The van der Waals surface area contributed by atoms with Gasteiger partial charge in [-0.25, -0.2) is 4.98 Å². The van der Waals surface area contributed by atoms with Gasteiger partial charge in [0.15, 0.2) is 0 Å². The molecule has 0 saturated carbocycles. The van der Waals surface area contributed by atoms with Crippen molar-refractivity contribution in [1.82, 2.24) is 4.98 Å². The van der Waals surface area contributed by atoms with Crippen molar-refractivity contribution in [1.29, 1.82) is 10.5 Å². The first kappa shape index (κ1) is 23.1. The summed E-state index contributed by atoms with van der Waals surface area (Å²) in [6, 6.07) is 17.1. The number of hydrogen-bond donors (Lipinski definition) is 2. The van der Waals surface area contributed by atoms with Gasteiger partial charge in [-0.1, -0.05) is 47.5 Å². The molecule has 6 nitrogen and oxygen atoms in total. The molecule has 1 aromatic heterocycles. The number of nitriles is 2. The van der Waals surface area contributed by atoms with Gasteiger partial charge in [-0.2, -0.15) is 10.5 Å². The monoisotopic (exact) mass is 461 g/mol. The molecule has 0 spiro atoms. The highest BCUT2D eigenvalue weighted by molar-refractivity contribution is 7.99. The van der Waals surface area contributed by atoms with Crippen molar-refractivity contribution in [2.45, 2.75) is 25.3 Å². The number of hydrogen-bond acceptors (Lipinski definition) is 6. The van der Waals surface area contributed by atoms with E-state index in [1.54, 1.807) is 12.1 Å². The molecule has 0 bridgehead atoms. The van der Waals surface area contributed by atoms with E-state index in [1.807, 2.05) is 44.2 Å². The van der Waals surface area contributed by atoms with Gasteiger partial charge in [0.1, 0.15) is 28.5 Å². The molecule has 3 rings (SSSR count). The molecule has 3 aromatic rings. The fourth-order valence-corrected chi connectivity index (χ4v) is 4.16. The summed E-state index contributed by atoms with van der Waals surface area (Å²) >= 11 is 7.35. The number of halogens is 1. The molecule has 0 aliphatic rings.